The maximum Gasteiger partial charge on any atom is 0.243 e. The molecule has 6 nitrogen and oxygen atoms in total. The van der Waals surface area contributed by atoms with E-state index >= 15 is 0 Å². The molecule has 24 heavy (non-hydrogen) atoms. The monoisotopic (exact) mass is 330 g/mol. The van der Waals surface area contributed by atoms with Crippen molar-refractivity contribution in [2.45, 2.75) is 26.2 Å². The molecule has 0 spiro atoms. The first kappa shape index (κ1) is 17.7. The lowest BCUT2D eigenvalue weighted by Gasteiger charge is -2.13. The zero-order chi connectivity index (χ0) is 17.5. The van der Waals surface area contributed by atoms with E-state index in [1.807, 2.05) is 0 Å². The smallest absolute Gasteiger partial charge is 0.243 e. The minimum absolute atomic E-state index is 0.0964. The van der Waals surface area contributed by atoms with Crippen LogP contribution in [0.3, 0.4) is 0 Å². The van der Waals surface area contributed by atoms with Crippen molar-refractivity contribution in [2.75, 3.05) is 13.1 Å². The summed E-state index contributed by atoms with van der Waals surface area (Å²) in [5.41, 5.74) is 0.822. The molecule has 0 aliphatic carbocycles. The normalized spacial score (nSPS) is 17.7. The van der Waals surface area contributed by atoms with Gasteiger partial charge in [0.1, 0.15) is 5.75 Å². The molecular weight excluding hydrogens is 308 g/mol. The maximum atomic E-state index is 11.7. The molecule has 1 atom stereocenters. The number of rotatable bonds is 7. The summed E-state index contributed by atoms with van der Waals surface area (Å²) in [5, 5.41) is 11.9. The van der Waals surface area contributed by atoms with Crippen LogP contribution in [0.15, 0.2) is 30.3 Å². The molecule has 0 bridgehead atoms. The molecule has 1 aliphatic rings. The highest BCUT2D eigenvalue weighted by Crippen LogP contribution is 2.18. The maximum absolute atomic E-state index is 11.7. The Morgan fingerprint density at radius 1 is 1.29 bits per heavy atom. The van der Waals surface area contributed by atoms with E-state index in [9.17, 15) is 19.5 Å². The molecule has 0 aromatic heterocycles. The van der Waals surface area contributed by atoms with E-state index in [4.69, 9.17) is 0 Å². The van der Waals surface area contributed by atoms with Gasteiger partial charge in [0.25, 0.3) is 0 Å². The van der Waals surface area contributed by atoms with Gasteiger partial charge < -0.3 is 10.4 Å². The second kappa shape index (κ2) is 8.29. The minimum atomic E-state index is -0.206. The molecule has 0 unspecified atom stereocenters. The van der Waals surface area contributed by atoms with E-state index in [-0.39, 0.29) is 29.4 Å². The van der Waals surface area contributed by atoms with Crippen LogP contribution in [-0.2, 0) is 14.4 Å². The summed E-state index contributed by atoms with van der Waals surface area (Å²) in [6, 6.07) is 6.53. The molecule has 0 radical (unpaired) electrons. The third-order valence-electron chi connectivity index (χ3n) is 3.90. The Morgan fingerprint density at radius 2 is 2.00 bits per heavy atom. The van der Waals surface area contributed by atoms with E-state index in [1.165, 1.54) is 11.0 Å². The average molecular weight is 330 g/mol. The van der Waals surface area contributed by atoms with Crippen LogP contribution >= 0.6 is 0 Å². The Labute approximate surface area is 141 Å². The Bertz CT molecular complexity index is 637. The first-order valence-corrected chi connectivity index (χ1v) is 8.06. The van der Waals surface area contributed by atoms with Gasteiger partial charge in [-0.1, -0.05) is 19.1 Å². The van der Waals surface area contributed by atoms with E-state index < -0.39 is 0 Å². The number of amides is 3. The van der Waals surface area contributed by atoms with Gasteiger partial charge in [-0.15, -0.1) is 0 Å². The van der Waals surface area contributed by atoms with Crippen molar-refractivity contribution in [3.8, 4) is 5.75 Å². The molecule has 1 saturated heterocycles. The van der Waals surface area contributed by atoms with E-state index in [2.05, 4.69) is 5.32 Å². The summed E-state index contributed by atoms with van der Waals surface area (Å²) in [4.78, 5) is 36.4. The van der Waals surface area contributed by atoms with Crippen molar-refractivity contribution in [1.82, 2.24) is 10.2 Å². The summed E-state index contributed by atoms with van der Waals surface area (Å²) < 4.78 is 0. The summed E-state index contributed by atoms with van der Waals surface area (Å²) in [6.45, 7) is 2.67. The number of hydrogen-bond acceptors (Lipinski definition) is 4. The van der Waals surface area contributed by atoms with Gasteiger partial charge >= 0.3 is 0 Å². The molecule has 128 valence electrons. The minimum Gasteiger partial charge on any atom is -0.508 e. The Hall–Kier alpha value is -2.63. The van der Waals surface area contributed by atoms with Crippen molar-refractivity contribution >= 4 is 23.8 Å². The van der Waals surface area contributed by atoms with Crippen LogP contribution < -0.4 is 5.32 Å². The fraction of sp³-hybridized carbons (Fsp3) is 0.389. The average Bonchev–Trinajstić information content (AvgIpc) is 2.80. The Morgan fingerprint density at radius 3 is 2.62 bits per heavy atom. The van der Waals surface area contributed by atoms with Gasteiger partial charge in [-0.3, -0.25) is 19.3 Å². The number of unbranched alkanes of at least 4 members (excludes halogenated alkanes) is 1. The zero-order valence-electron chi connectivity index (χ0n) is 13.7. The third kappa shape index (κ3) is 4.94. The fourth-order valence-corrected chi connectivity index (χ4v) is 2.51. The number of aromatic hydroxyl groups is 1. The molecule has 6 heteroatoms. The summed E-state index contributed by atoms with van der Waals surface area (Å²) in [6.07, 6.45) is 4.77. The lowest BCUT2D eigenvalue weighted by Crippen LogP contribution is -2.32. The summed E-state index contributed by atoms with van der Waals surface area (Å²) in [7, 11) is 0. The number of hydrogen-bond donors (Lipinski definition) is 2. The highest BCUT2D eigenvalue weighted by Gasteiger charge is 2.34. The van der Waals surface area contributed by atoms with Gasteiger partial charge in [-0.2, -0.15) is 0 Å². The van der Waals surface area contributed by atoms with Crippen LogP contribution in [0, 0.1) is 5.92 Å². The fourth-order valence-electron chi connectivity index (χ4n) is 2.51. The quantitative estimate of drug-likeness (QED) is 0.452. The number of nitrogens with zero attached hydrogens (tertiary/aromatic N) is 1. The largest absolute Gasteiger partial charge is 0.508 e. The van der Waals surface area contributed by atoms with E-state index in [1.54, 1.807) is 37.3 Å². The van der Waals surface area contributed by atoms with Crippen molar-refractivity contribution in [3.63, 3.8) is 0 Å². The second-order valence-electron chi connectivity index (χ2n) is 5.91. The highest BCUT2D eigenvalue weighted by molar-refractivity contribution is 6.03. The molecule has 2 rings (SSSR count). The topological polar surface area (TPSA) is 86.7 Å². The number of benzene rings is 1. The molecule has 1 fully saturated rings. The Balaban J connectivity index is 1.63. The molecular formula is C18H22N2O4. The van der Waals surface area contributed by atoms with Crippen LogP contribution in [0.2, 0.25) is 0 Å². The number of carbonyl (C=O) groups is 3. The van der Waals surface area contributed by atoms with Crippen LogP contribution in [0.4, 0.5) is 0 Å². The van der Waals surface area contributed by atoms with Gasteiger partial charge in [0.15, 0.2) is 0 Å². The van der Waals surface area contributed by atoms with Crippen LogP contribution in [0.1, 0.15) is 31.7 Å². The molecule has 3 amide bonds. The van der Waals surface area contributed by atoms with Crippen molar-refractivity contribution in [3.05, 3.63) is 35.9 Å². The van der Waals surface area contributed by atoms with Gasteiger partial charge in [0, 0.05) is 31.5 Å². The van der Waals surface area contributed by atoms with Crippen LogP contribution in [-0.4, -0.2) is 40.8 Å². The first-order valence-electron chi connectivity index (χ1n) is 8.06. The number of phenols is 1. The number of nitrogens with one attached hydrogen (secondary N) is 1. The first-order chi connectivity index (χ1) is 11.5. The predicted molar refractivity (Wildman–Crippen MR) is 89.9 cm³/mol. The molecule has 1 aromatic carbocycles. The number of carbonyl (C=O) groups excluding carboxylic acids is 3. The summed E-state index contributed by atoms with van der Waals surface area (Å²) in [5.74, 6) is -0.428. The molecule has 1 aliphatic heterocycles. The van der Waals surface area contributed by atoms with Gasteiger partial charge in [-0.05, 0) is 36.6 Å². The van der Waals surface area contributed by atoms with E-state index in [0.717, 1.165) is 5.56 Å². The summed E-state index contributed by atoms with van der Waals surface area (Å²) >= 11 is 0. The predicted octanol–water partition coefficient (Wildman–Crippen LogP) is 1.70. The number of imide groups is 1. The number of likely N-dealkylation sites (tertiary alicyclic amines) is 1. The SMILES string of the molecule is C[C@@H]1CC(=O)N(CCCCNC(=O)/C=C/c2ccc(O)cc2)C1=O. The Kier molecular flexibility index (Phi) is 6.12. The van der Waals surface area contributed by atoms with Gasteiger partial charge in [0.2, 0.25) is 17.7 Å². The van der Waals surface area contributed by atoms with Gasteiger partial charge in [-0.25, -0.2) is 0 Å². The van der Waals surface area contributed by atoms with Crippen molar-refractivity contribution < 1.29 is 19.5 Å². The molecule has 0 saturated carbocycles. The van der Waals surface area contributed by atoms with Gasteiger partial charge in [0.05, 0.1) is 0 Å². The van der Waals surface area contributed by atoms with E-state index in [0.29, 0.717) is 32.4 Å². The zero-order valence-corrected chi connectivity index (χ0v) is 13.7. The van der Waals surface area contributed by atoms with Crippen molar-refractivity contribution in [1.29, 1.82) is 0 Å². The molecule has 2 N–H and O–H groups in total. The van der Waals surface area contributed by atoms with Crippen LogP contribution in [0.25, 0.3) is 6.08 Å². The number of phenolic OH excluding ortho intramolecular Hbond substituents is 1. The lowest BCUT2D eigenvalue weighted by atomic mass is 10.1. The lowest BCUT2D eigenvalue weighted by molar-refractivity contribution is -0.139. The third-order valence-corrected chi connectivity index (χ3v) is 3.90. The standard InChI is InChI=1S/C18H22N2O4/c1-13-12-17(23)20(18(13)24)11-3-2-10-19-16(22)9-6-14-4-7-15(21)8-5-14/h4-9,13,21H,2-3,10-12H2,1H3,(H,19,22)/b9-6+/t13-/m1/s1. The molecule has 1 aromatic rings. The highest BCUT2D eigenvalue weighted by atomic mass is 16.3. The van der Waals surface area contributed by atoms with Crippen molar-refractivity contribution in [2.24, 2.45) is 5.92 Å². The second-order valence-corrected chi connectivity index (χ2v) is 5.91. The molecule has 1 heterocycles. The van der Waals surface area contributed by atoms with Crippen LogP contribution in [0.5, 0.6) is 5.75 Å².